The number of nitrogens with one attached hydrogen (secondary N) is 2. The van der Waals surface area contributed by atoms with E-state index in [0.29, 0.717) is 5.69 Å². The van der Waals surface area contributed by atoms with E-state index >= 15 is 0 Å². The highest BCUT2D eigenvalue weighted by molar-refractivity contribution is 7.92. The number of sulfonamides is 1. The molecule has 0 unspecified atom stereocenters. The number of benzene rings is 2. The van der Waals surface area contributed by atoms with Crippen molar-refractivity contribution >= 4 is 21.6 Å². The largest absolute Gasteiger partial charge is 0.320 e. The van der Waals surface area contributed by atoms with Crippen molar-refractivity contribution in [2.45, 2.75) is 24.3 Å². The second kappa shape index (κ2) is 7.43. The van der Waals surface area contributed by atoms with Crippen molar-refractivity contribution < 1.29 is 18.4 Å². The van der Waals surface area contributed by atoms with Crippen molar-refractivity contribution in [2.24, 2.45) is 5.73 Å². The molecule has 8 heteroatoms. The molecular formula is C16H19N3O4S. The van der Waals surface area contributed by atoms with Crippen LogP contribution in [0.3, 0.4) is 0 Å². The first kappa shape index (κ1) is 17.9. The molecule has 2 aromatic rings. The molecule has 0 saturated carbocycles. The lowest BCUT2D eigenvalue weighted by Crippen LogP contribution is -2.40. The zero-order valence-electron chi connectivity index (χ0n) is 13.1. The molecule has 0 aliphatic rings. The molecule has 0 saturated heterocycles. The summed E-state index contributed by atoms with van der Waals surface area (Å²) in [6.07, 6.45) is 0.220. The van der Waals surface area contributed by atoms with E-state index in [4.69, 9.17) is 10.9 Å². The van der Waals surface area contributed by atoms with E-state index in [9.17, 15) is 13.2 Å². The summed E-state index contributed by atoms with van der Waals surface area (Å²) >= 11 is 0. The minimum atomic E-state index is -3.66. The summed E-state index contributed by atoms with van der Waals surface area (Å²) in [6.45, 7) is 1.88. The van der Waals surface area contributed by atoms with E-state index in [1.807, 2.05) is 6.92 Å². The van der Waals surface area contributed by atoms with E-state index in [1.165, 1.54) is 5.48 Å². The Morgan fingerprint density at radius 2 is 1.71 bits per heavy atom. The van der Waals surface area contributed by atoms with Gasteiger partial charge in [-0.05, 0) is 43.2 Å². The van der Waals surface area contributed by atoms with Gasteiger partial charge in [0.25, 0.3) is 15.9 Å². The SMILES string of the molecule is Cc1ccc(S(=O)(=O)Nc2ccc(C[C@H](N)C(=O)NO)cc2)cc1. The lowest BCUT2D eigenvalue weighted by molar-refractivity contribution is -0.130. The average Bonchev–Trinajstić information content (AvgIpc) is 2.56. The van der Waals surface area contributed by atoms with E-state index in [2.05, 4.69) is 4.72 Å². The minimum absolute atomic E-state index is 0.179. The van der Waals surface area contributed by atoms with Crippen LogP contribution in [0.4, 0.5) is 5.69 Å². The fraction of sp³-hybridized carbons (Fsp3) is 0.188. The maximum atomic E-state index is 12.3. The van der Waals surface area contributed by atoms with Crippen molar-refractivity contribution in [3.05, 3.63) is 59.7 Å². The molecule has 0 aliphatic heterocycles. The Morgan fingerprint density at radius 3 is 2.25 bits per heavy atom. The Labute approximate surface area is 140 Å². The van der Waals surface area contributed by atoms with Crippen LogP contribution in [0, 0.1) is 6.92 Å². The van der Waals surface area contributed by atoms with Crippen LogP contribution in [-0.4, -0.2) is 25.6 Å². The Hall–Kier alpha value is -2.42. The van der Waals surface area contributed by atoms with Crippen molar-refractivity contribution in [1.29, 1.82) is 0 Å². The lowest BCUT2D eigenvalue weighted by Gasteiger charge is -2.11. The number of hydrogen-bond acceptors (Lipinski definition) is 5. The van der Waals surface area contributed by atoms with Crippen LogP contribution in [0.2, 0.25) is 0 Å². The third-order valence-electron chi connectivity index (χ3n) is 3.44. The Bertz CT molecular complexity index is 802. The molecule has 2 rings (SSSR count). The maximum Gasteiger partial charge on any atom is 0.261 e. The van der Waals surface area contributed by atoms with Crippen LogP contribution in [0.1, 0.15) is 11.1 Å². The van der Waals surface area contributed by atoms with Gasteiger partial charge in [-0.1, -0.05) is 29.8 Å². The standard InChI is InChI=1S/C16H19N3O4S/c1-11-2-8-14(9-3-11)24(22,23)19-13-6-4-12(5-7-13)10-15(17)16(20)18-21/h2-9,15,19,21H,10,17H2,1H3,(H,18,20)/t15-/m0/s1. The number of aryl methyl sites for hydroxylation is 1. The van der Waals surface area contributed by atoms with Crippen molar-refractivity contribution in [2.75, 3.05) is 4.72 Å². The van der Waals surface area contributed by atoms with Crippen LogP contribution >= 0.6 is 0 Å². The van der Waals surface area contributed by atoms with Gasteiger partial charge in [0.2, 0.25) is 0 Å². The highest BCUT2D eigenvalue weighted by Gasteiger charge is 2.15. The van der Waals surface area contributed by atoms with Gasteiger partial charge in [0, 0.05) is 5.69 Å². The van der Waals surface area contributed by atoms with E-state index in [-0.39, 0.29) is 11.3 Å². The third-order valence-corrected chi connectivity index (χ3v) is 4.84. The summed E-state index contributed by atoms with van der Waals surface area (Å²) < 4.78 is 27.1. The van der Waals surface area contributed by atoms with Crippen LogP contribution in [-0.2, 0) is 21.2 Å². The summed E-state index contributed by atoms with van der Waals surface area (Å²) in [5.74, 6) is -0.681. The molecule has 1 amide bonds. The molecule has 1 atom stereocenters. The predicted molar refractivity (Wildman–Crippen MR) is 90.0 cm³/mol. The fourth-order valence-corrected chi connectivity index (χ4v) is 3.13. The summed E-state index contributed by atoms with van der Waals surface area (Å²) in [7, 11) is -3.66. The highest BCUT2D eigenvalue weighted by atomic mass is 32.2. The Kier molecular flexibility index (Phi) is 5.55. The molecule has 0 radical (unpaired) electrons. The average molecular weight is 349 g/mol. The van der Waals surface area contributed by atoms with Gasteiger partial charge in [0.05, 0.1) is 10.9 Å². The first-order valence-electron chi connectivity index (χ1n) is 7.20. The smallest absolute Gasteiger partial charge is 0.261 e. The van der Waals surface area contributed by atoms with Crippen LogP contribution in [0.15, 0.2) is 53.4 Å². The normalized spacial score (nSPS) is 12.5. The fourth-order valence-electron chi connectivity index (χ4n) is 2.07. The first-order valence-corrected chi connectivity index (χ1v) is 8.68. The molecule has 0 aromatic heterocycles. The molecule has 0 bridgehead atoms. The number of hydroxylamine groups is 1. The second-order valence-corrected chi connectivity index (χ2v) is 7.08. The summed E-state index contributed by atoms with van der Waals surface area (Å²) in [5, 5.41) is 8.52. The topological polar surface area (TPSA) is 122 Å². The molecule has 0 fully saturated rings. The van der Waals surface area contributed by atoms with Gasteiger partial charge in [-0.3, -0.25) is 14.7 Å². The van der Waals surface area contributed by atoms with E-state index < -0.39 is 22.0 Å². The van der Waals surface area contributed by atoms with Crippen LogP contribution in [0.5, 0.6) is 0 Å². The van der Waals surface area contributed by atoms with Gasteiger partial charge in [-0.2, -0.15) is 0 Å². The Morgan fingerprint density at radius 1 is 1.12 bits per heavy atom. The third kappa shape index (κ3) is 4.54. The minimum Gasteiger partial charge on any atom is -0.320 e. The maximum absolute atomic E-state index is 12.3. The number of nitrogens with two attached hydrogens (primary N) is 1. The lowest BCUT2D eigenvalue weighted by atomic mass is 10.1. The van der Waals surface area contributed by atoms with Crippen molar-refractivity contribution in [1.82, 2.24) is 5.48 Å². The van der Waals surface area contributed by atoms with Gasteiger partial charge in [-0.15, -0.1) is 0 Å². The van der Waals surface area contributed by atoms with Gasteiger partial charge in [0.1, 0.15) is 0 Å². The van der Waals surface area contributed by atoms with Gasteiger partial charge < -0.3 is 5.73 Å². The number of amides is 1. The van der Waals surface area contributed by atoms with Gasteiger partial charge in [0.15, 0.2) is 0 Å². The molecule has 128 valence electrons. The highest BCUT2D eigenvalue weighted by Crippen LogP contribution is 2.17. The monoisotopic (exact) mass is 349 g/mol. The number of rotatable bonds is 6. The summed E-state index contributed by atoms with van der Waals surface area (Å²) in [5.41, 5.74) is 9.21. The molecule has 0 spiro atoms. The zero-order chi connectivity index (χ0) is 17.7. The molecule has 0 aliphatic carbocycles. The quantitative estimate of drug-likeness (QED) is 0.461. The van der Waals surface area contributed by atoms with Crippen molar-refractivity contribution in [3.8, 4) is 0 Å². The van der Waals surface area contributed by atoms with Gasteiger partial charge >= 0.3 is 0 Å². The van der Waals surface area contributed by atoms with Crippen molar-refractivity contribution in [3.63, 3.8) is 0 Å². The summed E-state index contributed by atoms with van der Waals surface area (Å²) in [4.78, 5) is 11.4. The Balaban J connectivity index is 2.08. The van der Waals surface area contributed by atoms with E-state index in [1.54, 1.807) is 48.5 Å². The number of anilines is 1. The van der Waals surface area contributed by atoms with E-state index in [0.717, 1.165) is 11.1 Å². The zero-order valence-corrected chi connectivity index (χ0v) is 13.9. The molecular weight excluding hydrogens is 330 g/mol. The number of hydrogen-bond donors (Lipinski definition) is 4. The predicted octanol–water partition coefficient (Wildman–Crippen LogP) is 1.17. The van der Waals surface area contributed by atoms with Gasteiger partial charge in [-0.25, -0.2) is 13.9 Å². The molecule has 5 N–H and O–H groups in total. The van der Waals surface area contributed by atoms with Crippen LogP contribution in [0.25, 0.3) is 0 Å². The molecule has 2 aromatic carbocycles. The second-order valence-electron chi connectivity index (χ2n) is 5.40. The summed E-state index contributed by atoms with van der Waals surface area (Å²) in [6, 6.07) is 12.2. The van der Waals surface area contributed by atoms with Crippen LogP contribution < -0.4 is 15.9 Å². The number of carbonyl (C=O) groups excluding carboxylic acids is 1. The number of carbonyl (C=O) groups is 1. The molecule has 7 nitrogen and oxygen atoms in total. The molecule has 0 heterocycles. The first-order chi connectivity index (χ1) is 11.3. The molecule has 24 heavy (non-hydrogen) atoms.